The van der Waals surface area contributed by atoms with Crippen molar-refractivity contribution in [3.05, 3.63) is 0 Å². The largest absolute Gasteiger partial charge is 0.379 e. The van der Waals surface area contributed by atoms with Gasteiger partial charge in [-0.05, 0) is 52.5 Å². The fourth-order valence-electron chi connectivity index (χ4n) is 2.21. The lowest BCUT2D eigenvalue weighted by Gasteiger charge is -2.25. The molecule has 0 aromatic rings. The zero-order valence-electron chi connectivity index (χ0n) is 12.2. The van der Waals surface area contributed by atoms with Crippen molar-refractivity contribution in [1.82, 2.24) is 5.32 Å². The molecule has 1 heterocycles. The van der Waals surface area contributed by atoms with Gasteiger partial charge in [0.2, 0.25) is 5.91 Å². The van der Waals surface area contributed by atoms with Crippen molar-refractivity contribution in [2.45, 2.75) is 57.1 Å². The fraction of sp³-hybridized carbons (Fsp3) is 0.929. The van der Waals surface area contributed by atoms with Crippen LogP contribution >= 0.6 is 0 Å². The first-order chi connectivity index (χ1) is 9.08. The number of hydrogen-bond donors (Lipinski definition) is 2. The van der Waals surface area contributed by atoms with E-state index in [0.717, 1.165) is 38.9 Å². The number of carbonyl (C=O) groups excluding carboxylic acids is 1. The maximum Gasteiger partial charge on any atom is 0.237 e. The standard InChI is InChI=1S/C14H28N2O3/c1-14(16-2,13(15)17)8-4-6-9-18-11-12-7-3-5-10-19-12/h12,16H,3-11H2,1-2H3,(H2,15,17). The maximum absolute atomic E-state index is 11.3. The zero-order chi connectivity index (χ0) is 14.1. The van der Waals surface area contributed by atoms with E-state index < -0.39 is 5.54 Å². The Morgan fingerprint density at radius 3 is 2.84 bits per heavy atom. The van der Waals surface area contributed by atoms with Gasteiger partial charge in [-0.2, -0.15) is 0 Å². The second-order valence-corrected chi connectivity index (χ2v) is 5.47. The predicted octanol–water partition coefficient (Wildman–Crippen LogP) is 1.21. The van der Waals surface area contributed by atoms with Gasteiger partial charge in [-0.3, -0.25) is 4.79 Å². The van der Waals surface area contributed by atoms with Gasteiger partial charge in [-0.25, -0.2) is 0 Å². The Hall–Kier alpha value is -0.650. The van der Waals surface area contributed by atoms with Crippen molar-refractivity contribution in [3.63, 3.8) is 0 Å². The van der Waals surface area contributed by atoms with Crippen molar-refractivity contribution in [2.24, 2.45) is 5.73 Å². The van der Waals surface area contributed by atoms with Gasteiger partial charge in [0.1, 0.15) is 0 Å². The summed E-state index contributed by atoms with van der Waals surface area (Å²) in [6.45, 7) is 4.12. The first-order valence-electron chi connectivity index (χ1n) is 7.26. The molecule has 1 rings (SSSR count). The molecule has 2 atom stereocenters. The van der Waals surface area contributed by atoms with Gasteiger partial charge in [0, 0.05) is 13.2 Å². The Bertz CT molecular complexity index is 267. The lowest BCUT2D eigenvalue weighted by molar-refractivity contribution is -0.123. The molecule has 0 saturated carbocycles. The predicted molar refractivity (Wildman–Crippen MR) is 74.9 cm³/mol. The van der Waals surface area contributed by atoms with Gasteiger partial charge in [0.15, 0.2) is 0 Å². The smallest absolute Gasteiger partial charge is 0.237 e. The van der Waals surface area contributed by atoms with E-state index in [1.807, 2.05) is 6.92 Å². The summed E-state index contributed by atoms with van der Waals surface area (Å²) in [5, 5.41) is 2.99. The highest BCUT2D eigenvalue weighted by molar-refractivity contribution is 5.84. The molecular weight excluding hydrogens is 244 g/mol. The average molecular weight is 272 g/mol. The van der Waals surface area contributed by atoms with Crippen LogP contribution in [0.15, 0.2) is 0 Å². The van der Waals surface area contributed by atoms with Crippen molar-refractivity contribution in [3.8, 4) is 0 Å². The summed E-state index contributed by atoms with van der Waals surface area (Å²) in [5.74, 6) is -0.300. The van der Waals surface area contributed by atoms with Crippen molar-refractivity contribution in [2.75, 3.05) is 26.9 Å². The molecule has 0 aromatic carbocycles. The minimum absolute atomic E-state index is 0.280. The fourth-order valence-corrected chi connectivity index (χ4v) is 2.21. The molecule has 3 N–H and O–H groups in total. The number of nitrogens with two attached hydrogens (primary N) is 1. The lowest BCUT2D eigenvalue weighted by Crippen LogP contribution is -2.51. The second-order valence-electron chi connectivity index (χ2n) is 5.47. The molecule has 5 nitrogen and oxygen atoms in total. The normalized spacial score (nSPS) is 22.9. The minimum Gasteiger partial charge on any atom is -0.379 e. The van der Waals surface area contributed by atoms with E-state index in [9.17, 15) is 4.79 Å². The number of primary amides is 1. The molecule has 112 valence electrons. The third-order valence-electron chi connectivity index (χ3n) is 3.89. The van der Waals surface area contributed by atoms with Crippen LogP contribution in [0.2, 0.25) is 0 Å². The van der Waals surface area contributed by atoms with Crippen LogP contribution in [0.4, 0.5) is 0 Å². The Labute approximate surface area is 116 Å². The Kier molecular flexibility index (Phi) is 7.34. The van der Waals surface area contributed by atoms with Gasteiger partial charge in [0.05, 0.1) is 18.2 Å². The van der Waals surface area contributed by atoms with Crippen molar-refractivity contribution < 1.29 is 14.3 Å². The maximum atomic E-state index is 11.3. The molecular formula is C14H28N2O3. The number of ether oxygens (including phenoxy) is 2. The van der Waals surface area contributed by atoms with Gasteiger partial charge < -0.3 is 20.5 Å². The van der Waals surface area contributed by atoms with Crippen LogP contribution < -0.4 is 11.1 Å². The molecule has 5 heteroatoms. The highest BCUT2D eigenvalue weighted by Gasteiger charge is 2.27. The second kappa shape index (κ2) is 8.51. The van der Waals surface area contributed by atoms with E-state index in [1.54, 1.807) is 7.05 Å². The number of carbonyl (C=O) groups is 1. The molecule has 0 bridgehead atoms. The van der Waals surface area contributed by atoms with Crippen LogP contribution in [0.1, 0.15) is 45.4 Å². The molecule has 0 spiro atoms. The van der Waals surface area contributed by atoms with E-state index in [4.69, 9.17) is 15.2 Å². The van der Waals surface area contributed by atoms with E-state index >= 15 is 0 Å². The van der Waals surface area contributed by atoms with Crippen LogP contribution in [0, 0.1) is 0 Å². The van der Waals surface area contributed by atoms with Gasteiger partial charge in [-0.1, -0.05) is 0 Å². The number of amides is 1. The molecule has 1 aliphatic rings. The topological polar surface area (TPSA) is 73.6 Å². The molecule has 0 aromatic heterocycles. The zero-order valence-corrected chi connectivity index (χ0v) is 12.2. The van der Waals surface area contributed by atoms with Crippen LogP contribution in [-0.2, 0) is 14.3 Å². The van der Waals surface area contributed by atoms with Gasteiger partial charge in [0.25, 0.3) is 0 Å². The van der Waals surface area contributed by atoms with Crippen LogP contribution in [0.5, 0.6) is 0 Å². The summed E-state index contributed by atoms with van der Waals surface area (Å²) in [5.41, 5.74) is 4.77. The highest BCUT2D eigenvalue weighted by Crippen LogP contribution is 2.14. The number of hydrogen-bond acceptors (Lipinski definition) is 4. The van der Waals surface area contributed by atoms with Crippen LogP contribution in [0.25, 0.3) is 0 Å². The SMILES string of the molecule is CNC(C)(CCCCOCC1CCCCO1)C(N)=O. The number of rotatable bonds is 9. The van der Waals surface area contributed by atoms with Gasteiger partial charge in [-0.15, -0.1) is 0 Å². The van der Waals surface area contributed by atoms with Crippen molar-refractivity contribution in [1.29, 1.82) is 0 Å². The van der Waals surface area contributed by atoms with Crippen molar-refractivity contribution >= 4 is 5.91 Å². The molecule has 1 fully saturated rings. The quantitative estimate of drug-likeness (QED) is 0.619. The molecule has 1 aliphatic heterocycles. The Morgan fingerprint density at radius 1 is 1.47 bits per heavy atom. The first kappa shape index (κ1) is 16.4. The number of unbranched alkanes of at least 4 members (excludes halogenated alkanes) is 1. The third-order valence-corrected chi connectivity index (χ3v) is 3.89. The van der Waals surface area contributed by atoms with E-state index in [2.05, 4.69) is 5.32 Å². The molecule has 0 radical (unpaired) electrons. The van der Waals surface area contributed by atoms with E-state index in [-0.39, 0.29) is 12.0 Å². The van der Waals surface area contributed by atoms with E-state index in [1.165, 1.54) is 12.8 Å². The summed E-state index contributed by atoms with van der Waals surface area (Å²) < 4.78 is 11.2. The molecule has 19 heavy (non-hydrogen) atoms. The summed E-state index contributed by atoms with van der Waals surface area (Å²) >= 11 is 0. The highest BCUT2D eigenvalue weighted by atomic mass is 16.5. The minimum atomic E-state index is -0.605. The third kappa shape index (κ3) is 5.89. The molecule has 2 unspecified atom stereocenters. The summed E-state index contributed by atoms with van der Waals surface area (Å²) in [4.78, 5) is 11.3. The average Bonchev–Trinajstić information content (AvgIpc) is 2.43. The summed E-state index contributed by atoms with van der Waals surface area (Å²) in [6.07, 6.45) is 6.41. The Balaban J connectivity index is 2.02. The summed E-state index contributed by atoms with van der Waals surface area (Å²) in [6, 6.07) is 0. The lowest BCUT2D eigenvalue weighted by atomic mass is 9.94. The molecule has 1 amide bonds. The number of likely N-dealkylation sites (N-methyl/N-ethyl adjacent to an activating group) is 1. The first-order valence-corrected chi connectivity index (χ1v) is 7.26. The van der Waals surface area contributed by atoms with Crippen LogP contribution in [0.3, 0.4) is 0 Å². The monoisotopic (exact) mass is 272 g/mol. The molecule has 0 aliphatic carbocycles. The number of nitrogens with one attached hydrogen (secondary N) is 1. The van der Waals surface area contributed by atoms with E-state index in [0.29, 0.717) is 6.61 Å². The Morgan fingerprint density at radius 2 is 2.26 bits per heavy atom. The van der Waals surface area contributed by atoms with Crippen LogP contribution in [-0.4, -0.2) is 44.4 Å². The molecule has 1 saturated heterocycles. The van der Waals surface area contributed by atoms with Gasteiger partial charge >= 0.3 is 0 Å². The summed E-state index contributed by atoms with van der Waals surface area (Å²) in [7, 11) is 1.77.